The van der Waals surface area contributed by atoms with Gasteiger partial charge in [-0.1, -0.05) is 82.5 Å². The first-order valence-corrected chi connectivity index (χ1v) is 6.92. The van der Waals surface area contributed by atoms with Crippen molar-refractivity contribution in [2.75, 3.05) is 0 Å². The van der Waals surface area contributed by atoms with Crippen molar-refractivity contribution in [2.24, 2.45) is 0 Å². The van der Waals surface area contributed by atoms with Crippen molar-refractivity contribution in [2.45, 2.75) is 42.0 Å². The van der Waals surface area contributed by atoms with Crippen LogP contribution in [0.25, 0.3) is 11.6 Å². The molecule has 20 heavy (non-hydrogen) atoms. The van der Waals surface area contributed by atoms with Crippen molar-refractivity contribution in [3.05, 3.63) is 71.8 Å². The van der Waals surface area contributed by atoms with Gasteiger partial charge in [0.1, 0.15) is 0 Å². The zero-order valence-corrected chi connectivity index (χ0v) is 12.9. The van der Waals surface area contributed by atoms with E-state index in [2.05, 4.69) is 56.9 Å². The van der Waals surface area contributed by atoms with E-state index in [1.807, 2.05) is 39.0 Å². The lowest BCUT2D eigenvalue weighted by atomic mass is 9.94. The van der Waals surface area contributed by atoms with E-state index in [-0.39, 0.29) is 7.43 Å². The third-order valence-corrected chi connectivity index (χ3v) is 2.72. The van der Waals surface area contributed by atoms with Crippen molar-refractivity contribution in [3.8, 4) is 0 Å². The molecule has 0 N–H and O–H groups in total. The van der Waals surface area contributed by atoms with Gasteiger partial charge in [0.2, 0.25) is 0 Å². The molecule has 0 aliphatic heterocycles. The van der Waals surface area contributed by atoms with Crippen LogP contribution in [-0.2, 0) is 0 Å². The molecule has 0 amide bonds. The van der Waals surface area contributed by atoms with E-state index < -0.39 is 0 Å². The number of hydrogen-bond donors (Lipinski definition) is 0. The summed E-state index contributed by atoms with van der Waals surface area (Å²) in [5.41, 5.74) is 4.94. The highest BCUT2D eigenvalue weighted by atomic mass is 14.1. The Morgan fingerprint density at radius 3 is 2.20 bits per heavy atom. The summed E-state index contributed by atoms with van der Waals surface area (Å²) in [7, 11) is 0. The van der Waals surface area contributed by atoms with Crippen molar-refractivity contribution in [1.29, 1.82) is 0 Å². The monoisotopic (exact) mass is 270 g/mol. The molecule has 0 aliphatic rings. The first-order valence-electron chi connectivity index (χ1n) is 6.92. The smallest absolute Gasteiger partial charge is 0.0112 e. The summed E-state index contributed by atoms with van der Waals surface area (Å²) in [6, 6.07) is 8.34. The number of rotatable bonds is 4. The fourth-order valence-electron chi connectivity index (χ4n) is 1.85. The lowest BCUT2D eigenvalue weighted by Crippen LogP contribution is -1.90. The number of hydrogen-bond acceptors (Lipinski definition) is 0. The third-order valence-electron chi connectivity index (χ3n) is 2.72. The lowest BCUT2D eigenvalue weighted by Gasteiger charge is -2.11. The van der Waals surface area contributed by atoms with Crippen molar-refractivity contribution < 1.29 is 0 Å². The Kier molecular flexibility index (Phi) is 12.5. The van der Waals surface area contributed by atoms with E-state index in [9.17, 15) is 0 Å². The maximum Gasteiger partial charge on any atom is -0.0112 e. The molecule has 0 aromatic heterocycles. The lowest BCUT2D eigenvalue weighted by molar-refractivity contribution is 1.46. The van der Waals surface area contributed by atoms with Crippen LogP contribution in [0.4, 0.5) is 0 Å². The minimum Gasteiger partial charge on any atom is -0.0984 e. The minimum absolute atomic E-state index is 0. The van der Waals surface area contributed by atoms with Crippen LogP contribution in [0.1, 0.15) is 53.2 Å². The van der Waals surface area contributed by atoms with Crippen LogP contribution < -0.4 is 0 Å². The molecular formula is C20H30. The highest BCUT2D eigenvalue weighted by molar-refractivity contribution is 5.83. The second-order valence-electron chi connectivity index (χ2n) is 3.87. The fourth-order valence-corrected chi connectivity index (χ4v) is 1.85. The molecule has 110 valence electrons. The Hall–Kier alpha value is -1.82. The molecule has 0 unspecified atom stereocenters. The average Bonchev–Trinajstić information content (AvgIpc) is 2.48. The van der Waals surface area contributed by atoms with Crippen molar-refractivity contribution in [3.63, 3.8) is 0 Å². The quantitative estimate of drug-likeness (QED) is 0.521. The number of allylic oxidation sites excluding steroid dienone is 6. The molecule has 0 fully saturated rings. The standard InChI is InChI=1S/C17H20.C2H6.CH4/c1-5-8-11-14(4)16(7-3)17-13-10-9-12-15(17)6-2;1-2;/h5-13H,2H2,1,3-4H3;1-2H3;1H4/b8-5-,14-11-,16-7+;;. The summed E-state index contributed by atoms with van der Waals surface area (Å²) in [5, 5.41) is 0. The molecule has 1 aromatic carbocycles. The van der Waals surface area contributed by atoms with Gasteiger partial charge in [-0.2, -0.15) is 0 Å². The summed E-state index contributed by atoms with van der Waals surface area (Å²) >= 11 is 0. The zero-order valence-electron chi connectivity index (χ0n) is 12.9. The molecule has 0 bridgehead atoms. The van der Waals surface area contributed by atoms with Crippen LogP contribution in [0.3, 0.4) is 0 Å². The van der Waals surface area contributed by atoms with Gasteiger partial charge in [0.25, 0.3) is 0 Å². The molecule has 0 spiro atoms. The fraction of sp³-hybridized carbons (Fsp3) is 0.300. The molecule has 0 atom stereocenters. The van der Waals surface area contributed by atoms with E-state index >= 15 is 0 Å². The van der Waals surface area contributed by atoms with Crippen molar-refractivity contribution in [1.82, 2.24) is 0 Å². The van der Waals surface area contributed by atoms with Crippen LogP contribution in [-0.4, -0.2) is 0 Å². The van der Waals surface area contributed by atoms with Crippen molar-refractivity contribution >= 4 is 11.6 Å². The minimum atomic E-state index is 0. The topological polar surface area (TPSA) is 0 Å². The molecule has 0 aliphatic carbocycles. The Bertz CT molecular complexity index is 471. The van der Waals surface area contributed by atoms with E-state index in [4.69, 9.17) is 0 Å². The predicted octanol–water partition coefficient (Wildman–Crippen LogP) is 6.92. The highest BCUT2D eigenvalue weighted by Crippen LogP contribution is 2.26. The van der Waals surface area contributed by atoms with E-state index in [0.717, 1.165) is 0 Å². The summed E-state index contributed by atoms with van der Waals surface area (Å²) in [6.07, 6.45) is 10.3. The Labute approximate surface area is 126 Å². The van der Waals surface area contributed by atoms with Crippen LogP contribution >= 0.6 is 0 Å². The first-order chi connectivity index (χ1) is 9.24. The molecule has 1 aromatic rings. The van der Waals surface area contributed by atoms with Crippen LogP contribution in [0, 0.1) is 0 Å². The van der Waals surface area contributed by atoms with Gasteiger partial charge in [0, 0.05) is 0 Å². The maximum absolute atomic E-state index is 3.87. The third kappa shape index (κ3) is 5.88. The summed E-state index contributed by atoms with van der Waals surface area (Å²) in [4.78, 5) is 0. The van der Waals surface area contributed by atoms with Gasteiger partial charge in [-0.05, 0) is 43.0 Å². The molecule has 0 nitrogen and oxygen atoms in total. The molecule has 0 heterocycles. The molecule has 0 radical (unpaired) electrons. The van der Waals surface area contributed by atoms with E-state index in [1.165, 1.54) is 22.3 Å². The van der Waals surface area contributed by atoms with Gasteiger partial charge in [0.05, 0.1) is 0 Å². The molecular weight excluding hydrogens is 240 g/mol. The second-order valence-corrected chi connectivity index (χ2v) is 3.87. The summed E-state index contributed by atoms with van der Waals surface area (Å²) < 4.78 is 0. The summed E-state index contributed by atoms with van der Waals surface area (Å²) in [5.74, 6) is 0. The van der Waals surface area contributed by atoms with Gasteiger partial charge in [-0.25, -0.2) is 0 Å². The van der Waals surface area contributed by atoms with Gasteiger partial charge in [-0.3, -0.25) is 0 Å². The highest BCUT2D eigenvalue weighted by Gasteiger charge is 2.05. The Balaban J connectivity index is 0. The maximum atomic E-state index is 3.87. The van der Waals surface area contributed by atoms with Crippen LogP contribution in [0.5, 0.6) is 0 Å². The number of benzene rings is 1. The van der Waals surface area contributed by atoms with Crippen LogP contribution in [0.15, 0.2) is 60.7 Å². The Morgan fingerprint density at radius 1 is 1.10 bits per heavy atom. The average molecular weight is 270 g/mol. The normalized spacial score (nSPS) is 11.4. The molecule has 1 rings (SSSR count). The summed E-state index contributed by atoms with van der Waals surface area (Å²) in [6.45, 7) is 14.1. The van der Waals surface area contributed by atoms with Gasteiger partial charge >= 0.3 is 0 Å². The zero-order chi connectivity index (χ0) is 14.7. The predicted molar refractivity (Wildman–Crippen MR) is 96.8 cm³/mol. The van der Waals surface area contributed by atoms with Gasteiger partial charge in [-0.15, -0.1) is 0 Å². The van der Waals surface area contributed by atoms with E-state index in [1.54, 1.807) is 0 Å². The van der Waals surface area contributed by atoms with Crippen LogP contribution in [0.2, 0.25) is 0 Å². The molecule has 0 saturated heterocycles. The Morgan fingerprint density at radius 2 is 1.70 bits per heavy atom. The second kappa shape index (κ2) is 12.2. The van der Waals surface area contributed by atoms with E-state index in [0.29, 0.717) is 0 Å². The molecule has 0 saturated carbocycles. The molecule has 0 heteroatoms. The first kappa shape index (κ1) is 20.5. The van der Waals surface area contributed by atoms with Gasteiger partial charge < -0.3 is 0 Å². The SMILES string of the molecule is C.C=Cc1ccccc1C(=C/C)/C(C)=C\C=C/C.CC. The van der Waals surface area contributed by atoms with Gasteiger partial charge in [0.15, 0.2) is 0 Å². The largest absolute Gasteiger partial charge is 0.0984 e.